The van der Waals surface area contributed by atoms with Gasteiger partial charge in [-0.3, -0.25) is 4.79 Å². The summed E-state index contributed by atoms with van der Waals surface area (Å²) < 4.78 is 5.26. The second-order valence-corrected chi connectivity index (χ2v) is 4.78. The lowest BCUT2D eigenvalue weighted by Crippen LogP contribution is -2.27. The van der Waals surface area contributed by atoms with Gasteiger partial charge in [-0.25, -0.2) is 0 Å². The highest BCUT2D eigenvalue weighted by Crippen LogP contribution is 2.16. The highest BCUT2D eigenvalue weighted by Gasteiger charge is 2.11. The van der Waals surface area contributed by atoms with E-state index in [4.69, 9.17) is 10.5 Å². The van der Waals surface area contributed by atoms with Crippen LogP contribution in [0.2, 0.25) is 0 Å². The number of carbonyl (C=O) groups excluding carboxylic acids is 1. The van der Waals surface area contributed by atoms with Crippen LogP contribution in [0.25, 0.3) is 0 Å². The fraction of sp³-hybridized carbons (Fsp3) is 0.533. The summed E-state index contributed by atoms with van der Waals surface area (Å²) in [5, 5.41) is 2.93. The molecule has 1 aromatic rings. The number of benzene rings is 1. The molecule has 0 unspecified atom stereocenters. The Bertz CT molecular complexity index is 407. The van der Waals surface area contributed by atoms with Crippen LogP contribution in [0.5, 0.6) is 0 Å². The molecule has 19 heavy (non-hydrogen) atoms. The van der Waals surface area contributed by atoms with Crippen molar-refractivity contribution in [2.75, 3.05) is 26.3 Å². The van der Waals surface area contributed by atoms with Crippen molar-refractivity contribution < 1.29 is 9.53 Å². The third kappa shape index (κ3) is 5.01. The Balaban J connectivity index is 2.46. The SMILES string of the molecule is Cc1cc(C)c(C(=O)NCCCOCCN)c(C)c1. The Kier molecular flexibility index (Phi) is 6.53. The second kappa shape index (κ2) is 7.92. The molecule has 0 atom stereocenters. The summed E-state index contributed by atoms with van der Waals surface area (Å²) in [5.41, 5.74) is 9.33. The van der Waals surface area contributed by atoms with Gasteiger partial charge >= 0.3 is 0 Å². The molecular weight excluding hydrogens is 240 g/mol. The predicted octanol–water partition coefficient (Wildman–Crippen LogP) is 1.71. The first kappa shape index (κ1) is 15.7. The molecule has 0 heterocycles. The molecule has 0 fully saturated rings. The van der Waals surface area contributed by atoms with E-state index in [2.05, 4.69) is 5.32 Å². The van der Waals surface area contributed by atoms with Gasteiger partial charge in [0, 0.05) is 25.3 Å². The molecule has 4 nitrogen and oxygen atoms in total. The van der Waals surface area contributed by atoms with Gasteiger partial charge < -0.3 is 15.8 Å². The van der Waals surface area contributed by atoms with E-state index >= 15 is 0 Å². The first-order chi connectivity index (χ1) is 9.06. The van der Waals surface area contributed by atoms with Crippen molar-refractivity contribution in [2.24, 2.45) is 5.73 Å². The zero-order valence-corrected chi connectivity index (χ0v) is 12.1. The molecule has 1 aromatic carbocycles. The summed E-state index contributed by atoms with van der Waals surface area (Å²) in [6.07, 6.45) is 0.801. The third-order valence-electron chi connectivity index (χ3n) is 2.92. The highest BCUT2D eigenvalue weighted by molar-refractivity contribution is 5.97. The van der Waals surface area contributed by atoms with Crippen LogP contribution < -0.4 is 11.1 Å². The molecule has 0 aromatic heterocycles. The van der Waals surface area contributed by atoms with Crippen molar-refractivity contribution in [3.63, 3.8) is 0 Å². The van der Waals surface area contributed by atoms with Gasteiger partial charge in [-0.05, 0) is 38.3 Å². The lowest BCUT2D eigenvalue weighted by atomic mass is 9.99. The summed E-state index contributed by atoms with van der Waals surface area (Å²) >= 11 is 0. The zero-order valence-electron chi connectivity index (χ0n) is 12.1. The maximum absolute atomic E-state index is 12.1. The largest absolute Gasteiger partial charge is 0.380 e. The number of hydrogen-bond acceptors (Lipinski definition) is 3. The molecule has 1 amide bonds. The molecule has 4 heteroatoms. The lowest BCUT2D eigenvalue weighted by Gasteiger charge is -2.11. The minimum absolute atomic E-state index is 0.00572. The fourth-order valence-electron chi connectivity index (χ4n) is 2.19. The first-order valence-electron chi connectivity index (χ1n) is 6.70. The number of rotatable bonds is 7. The lowest BCUT2D eigenvalue weighted by molar-refractivity contribution is 0.0942. The Hall–Kier alpha value is -1.39. The van der Waals surface area contributed by atoms with Gasteiger partial charge in [-0.2, -0.15) is 0 Å². The van der Waals surface area contributed by atoms with Gasteiger partial charge in [-0.1, -0.05) is 17.7 Å². The zero-order chi connectivity index (χ0) is 14.3. The summed E-state index contributed by atoms with van der Waals surface area (Å²) in [6, 6.07) is 4.07. The van der Waals surface area contributed by atoms with Crippen molar-refractivity contribution >= 4 is 5.91 Å². The summed E-state index contributed by atoms with van der Waals surface area (Å²) in [7, 11) is 0. The van der Waals surface area contributed by atoms with Gasteiger partial charge in [0.15, 0.2) is 0 Å². The van der Waals surface area contributed by atoms with E-state index in [9.17, 15) is 4.79 Å². The predicted molar refractivity (Wildman–Crippen MR) is 77.5 cm³/mol. The van der Waals surface area contributed by atoms with Crippen LogP contribution >= 0.6 is 0 Å². The first-order valence-corrected chi connectivity index (χ1v) is 6.70. The maximum atomic E-state index is 12.1. The maximum Gasteiger partial charge on any atom is 0.251 e. The van der Waals surface area contributed by atoms with Crippen molar-refractivity contribution in [3.8, 4) is 0 Å². The standard InChI is InChI=1S/C15H24N2O2/c1-11-9-12(2)14(13(3)10-11)15(18)17-6-4-7-19-8-5-16/h9-10H,4-8,16H2,1-3H3,(H,17,18). The highest BCUT2D eigenvalue weighted by atomic mass is 16.5. The Morgan fingerprint density at radius 2 is 1.84 bits per heavy atom. The molecule has 0 saturated carbocycles. The number of aryl methyl sites for hydroxylation is 3. The van der Waals surface area contributed by atoms with Crippen LogP contribution in [0.15, 0.2) is 12.1 Å². The molecule has 0 radical (unpaired) electrons. The molecule has 0 saturated heterocycles. The number of hydrogen-bond donors (Lipinski definition) is 2. The smallest absolute Gasteiger partial charge is 0.251 e. The molecule has 0 aliphatic heterocycles. The molecule has 0 aliphatic carbocycles. The fourth-order valence-corrected chi connectivity index (χ4v) is 2.19. The molecule has 106 valence electrons. The van der Waals surface area contributed by atoms with Crippen LogP contribution in [-0.4, -0.2) is 32.2 Å². The van der Waals surface area contributed by atoms with Crippen molar-refractivity contribution in [1.29, 1.82) is 0 Å². The quantitative estimate of drug-likeness (QED) is 0.737. The molecule has 0 bridgehead atoms. The van der Waals surface area contributed by atoms with Gasteiger partial charge in [0.25, 0.3) is 5.91 Å². The minimum atomic E-state index is -0.00572. The van der Waals surface area contributed by atoms with E-state index in [0.29, 0.717) is 26.3 Å². The summed E-state index contributed by atoms with van der Waals surface area (Å²) in [5.74, 6) is -0.00572. The van der Waals surface area contributed by atoms with Crippen LogP contribution in [0.1, 0.15) is 33.5 Å². The Morgan fingerprint density at radius 3 is 2.42 bits per heavy atom. The second-order valence-electron chi connectivity index (χ2n) is 4.78. The topological polar surface area (TPSA) is 64.3 Å². The molecule has 1 rings (SSSR count). The van der Waals surface area contributed by atoms with Crippen LogP contribution in [0, 0.1) is 20.8 Å². The van der Waals surface area contributed by atoms with E-state index in [0.717, 1.165) is 23.1 Å². The Morgan fingerprint density at radius 1 is 1.21 bits per heavy atom. The normalized spacial score (nSPS) is 10.5. The number of amides is 1. The van der Waals surface area contributed by atoms with Crippen molar-refractivity contribution in [1.82, 2.24) is 5.32 Å². The number of nitrogens with one attached hydrogen (secondary N) is 1. The number of ether oxygens (including phenoxy) is 1. The molecule has 3 N–H and O–H groups in total. The summed E-state index contributed by atoms with van der Waals surface area (Å²) in [4.78, 5) is 12.1. The minimum Gasteiger partial charge on any atom is -0.380 e. The van der Waals surface area contributed by atoms with E-state index < -0.39 is 0 Å². The van der Waals surface area contributed by atoms with E-state index in [1.165, 1.54) is 5.56 Å². The van der Waals surface area contributed by atoms with Crippen LogP contribution in [-0.2, 0) is 4.74 Å². The van der Waals surface area contributed by atoms with Gasteiger partial charge in [0.2, 0.25) is 0 Å². The summed E-state index contributed by atoms with van der Waals surface area (Å²) in [6.45, 7) is 8.34. The van der Waals surface area contributed by atoms with E-state index in [1.54, 1.807) is 0 Å². The third-order valence-corrected chi connectivity index (χ3v) is 2.92. The van der Waals surface area contributed by atoms with E-state index in [1.807, 2.05) is 32.9 Å². The van der Waals surface area contributed by atoms with Crippen LogP contribution in [0.4, 0.5) is 0 Å². The van der Waals surface area contributed by atoms with Gasteiger partial charge in [0.1, 0.15) is 0 Å². The van der Waals surface area contributed by atoms with Crippen molar-refractivity contribution in [3.05, 3.63) is 34.4 Å². The average Bonchev–Trinajstić information content (AvgIpc) is 2.32. The molecule has 0 spiro atoms. The average molecular weight is 264 g/mol. The van der Waals surface area contributed by atoms with E-state index in [-0.39, 0.29) is 5.91 Å². The number of nitrogens with two attached hydrogens (primary N) is 1. The Labute approximate surface area is 115 Å². The van der Waals surface area contributed by atoms with Gasteiger partial charge in [-0.15, -0.1) is 0 Å². The number of carbonyl (C=O) groups is 1. The molecular formula is C15H24N2O2. The molecule has 0 aliphatic rings. The van der Waals surface area contributed by atoms with Gasteiger partial charge in [0.05, 0.1) is 6.61 Å². The van der Waals surface area contributed by atoms with Crippen molar-refractivity contribution in [2.45, 2.75) is 27.2 Å². The van der Waals surface area contributed by atoms with Crippen LogP contribution in [0.3, 0.4) is 0 Å². The monoisotopic (exact) mass is 264 g/mol.